The van der Waals surface area contributed by atoms with E-state index < -0.39 is 15.9 Å². The second-order valence-corrected chi connectivity index (χ2v) is 10.6. The van der Waals surface area contributed by atoms with Crippen LogP contribution in [0, 0.1) is 0 Å². The highest BCUT2D eigenvalue weighted by Crippen LogP contribution is 2.29. The predicted octanol–water partition coefficient (Wildman–Crippen LogP) is 4.79. The molecule has 1 amide bonds. The van der Waals surface area contributed by atoms with Crippen molar-refractivity contribution in [3.8, 4) is 11.5 Å². The molecule has 35 heavy (non-hydrogen) atoms. The van der Waals surface area contributed by atoms with Crippen LogP contribution in [0.5, 0.6) is 11.5 Å². The van der Waals surface area contributed by atoms with E-state index in [9.17, 15) is 13.2 Å². The van der Waals surface area contributed by atoms with E-state index in [1.165, 1.54) is 30.6 Å². The molecule has 1 N–H and O–H groups in total. The van der Waals surface area contributed by atoms with Gasteiger partial charge < -0.3 is 14.8 Å². The molecular formula is C27H32N2O5S. The lowest BCUT2D eigenvalue weighted by molar-refractivity contribution is 0.0939. The normalized spacial score (nSPS) is 12.4. The van der Waals surface area contributed by atoms with Crippen molar-refractivity contribution < 1.29 is 22.7 Å². The van der Waals surface area contributed by atoms with Crippen LogP contribution in [0.3, 0.4) is 0 Å². The first-order valence-corrected chi connectivity index (χ1v) is 12.8. The first-order valence-electron chi connectivity index (χ1n) is 11.4. The molecule has 0 spiro atoms. The summed E-state index contributed by atoms with van der Waals surface area (Å²) < 4.78 is 39.0. The number of benzene rings is 3. The van der Waals surface area contributed by atoms with Gasteiger partial charge in [-0.15, -0.1) is 0 Å². The molecule has 186 valence electrons. The quantitative estimate of drug-likeness (QED) is 0.436. The number of ether oxygens (including phenoxy) is 2. The largest absolute Gasteiger partial charge is 0.495 e. The van der Waals surface area contributed by atoms with E-state index in [-0.39, 0.29) is 34.9 Å². The number of hydrogen-bond acceptors (Lipinski definition) is 5. The third kappa shape index (κ3) is 6.61. The number of nitrogens with zero attached hydrogens (tertiary/aromatic N) is 1. The maximum Gasteiger partial charge on any atom is 0.251 e. The molecule has 1 unspecified atom stereocenters. The zero-order chi connectivity index (χ0) is 25.6. The Morgan fingerprint density at radius 3 is 2.34 bits per heavy atom. The molecule has 3 aromatic rings. The van der Waals surface area contributed by atoms with Crippen LogP contribution < -0.4 is 14.8 Å². The SMILES string of the molecule is COc1ccc(C(=O)NC(C)c2cccc(OC(C)C)c2)cc1S(=O)(=O)N(C)Cc1ccccc1. The molecule has 0 heterocycles. The fourth-order valence-electron chi connectivity index (χ4n) is 3.61. The lowest BCUT2D eigenvalue weighted by atomic mass is 10.1. The van der Waals surface area contributed by atoms with E-state index in [4.69, 9.17) is 9.47 Å². The topological polar surface area (TPSA) is 84.9 Å². The van der Waals surface area contributed by atoms with Crippen LogP contribution >= 0.6 is 0 Å². The number of sulfonamides is 1. The molecule has 0 radical (unpaired) electrons. The van der Waals surface area contributed by atoms with E-state index in [2.05, 4.69) is 5.32 Å². The summed E-state index contributed by atoms with van der Waals surface area (Å²) in [5.74, 6) is 0.503. The van der Waals surface area contributed by atoms with Gasteiger partial charge in [-0.3, -0.25) is 4.79 Å². The van der Waals surface area contributed by atoms with E-state index in [0.29, 0.717) is 0 Å². The van der Waals surface area contributed by atoms with Crippen LogP contribution in [0.25, 0.3) is 0 Å². The van der Waals surface area contributed by atoms with Crippen molar-refractivity contribution in [3.05, 3.63) is 89.5 Å². The third-order valence-electron chi connectivity index (χ3n) is 5.44. The van der Waals surface area contributed by atoms with Gasteiger partial charge in [0.25, 0.3) is 5.91 Å². The van der Waals surface area contributed by atoms with Crippen LogP contribution in [-0.2, 0) is 16.6 Å². The summed E-state index contributed by atoms with van der Waals surface area (Å²) in [5, 5.41) is 2.93. The van der Waals surface area contributed by atoms with Crippen molar-refractivity contribution >= 4 is 15.9 Å². The number of carbonyl (C=O) groups is 1. The van der Waals surface area contributed by atoms with Crippen LogP contribution in [0.2, 0.25) is 0 Å². The number of methoxy groups -OCH3 is 1. The lowest BCUT2D eigenvalue weighted by Crippen LogP contribution is -2.29. The molecule has 7 nitrogen and oxygen atoms in total. The molecule has 8 heteroatoms. The first-order chi connectivity index (χ1) is 16.6. The fourth-order valence-corrected chi connectivity index (χ4v) is 4.94. The predicted molar refractivity (Wildman–Crippen MR) is 136 cm³/mol. The molecule has 0 aliphatic carbocycles. The molecule has 0 bridgehead atoms. The molecule has 3 aromatic carbocycles. The highest BCUT2D eigenvalue weighted by molar-refractivity contribution is 7.89. The molecule has 3 rings (SSSR count). The molecule has 0 saturated heterocycles. The Labute approximate surface area is 207 Å². The van der Waals surface area contributed by atoms with Gasteiger partial charge in [0.05, 0.1) is 19.3 Å². The summed E-state index contributed by atoms with van der Waals surface area (Å²) in [4.78, 5) is 13.0. The monoisotopic (exact) mass is 496 g/mol. The Morgan fingerprint density at radius 2 is 1.69 bits per heavy atom. The molecule has 0 saturated carbocycles. The molecule has 0 aliphatic heterocycles. The van der Waals surface area contributed by atoms with Gasteiger partial charge in [-0.05, 0) is 62.2 Å². The highest BCUT2D eigenvalue weighted by Gasteiger charge is 2.26. The van der Waals surface area contributed by atoms with Gasteiger partial charge in [-0.1, -0.05) is 42.5 Å². The van der Waals surface area contributed by atoms with Gasteiger partial charge in [0, 0.05) is 19.2 Å². The maximum absolute atomic E-state index is 13.4. The zero-order valence-corrected chi connectivity index (χ0v) is 21.5. The van der Waals surface area contributed by atoms with Gasteiger partial charge in [0.2, 0.25) is 10.0 Å². The van der Waals surface area contributed by atoms with Crippen molar-refractivity contribution in [3.63, 3.8) is 0 Å². The fraction of sp³-hybridized carbons (Fsp3) is 0.296. The number of hydrogen-bond donors (Lipinski definition) is 1. The molecule has 1 atom stereocenters. The Kier molecular flexibility index (Phi) is 8.53. The third-order valence-corrected chi connectivity index (χ3v) is 7.26. The van der Waals surface area contributed by atoms with E-state index in [1.807, 2.05) is 75.4 Å². The standard InChI is InChI=1S/C27H32N2O5S/c1-19(2)34-24-13-9-12-22(16-24)20(3)28-27(30)23-14-15-25(33-5)26(17-23)35(31,32)29(4)18-21-10-7-6-8-11-21/h6-17,19-20H,18H2,1-5H3,(H,28,30). The smallest absolute Gasteiger partial charge is 0.251 e. The summed E-state index contributed by atoms with van der Waals surface area (Å²) >= 11 is 0. The Balaban J connectivity index is 1.83. The van der Waals surface area contributed by atoms with E-state index in [1.54, 1.807) is 6.07 Å². The van der Waals surface area contributed by atoms with E-state index in [0.717, 1.165) is 16.9 Å². The minimum absolute atomic E-state index is 0.0369. The number of nitrogens with one attached hydrogen (secondary N) is 1. The minimum Gasteiger partial charge on any atom is -0.495 e. The summed E-state index contributed by atoms with van der Waals surface area (Å²) in [6.45, 7) is 5.95. The average molecular weight is 497 g/mol. The second kappa shape index (κ2) is 11.4. The van der Waals surface area contributed by atoms with Gasteiger partial charge in [0.15, 0.2) is 0 Å². The summed E-state index contributed by atoms with van der Waals surface area (Å²) in [7, 11) is -1.02. The summed E-state index contributed by atoms with van der Waals surface area (Å²) in [6, 6.07) is 20.9. The van der Waals surface area contributed by atoms with Crippen LogP contribution in [-0.4, -0.2) is 38.9 Å². The van der Waals surface area contributed by atoms with Crippen molar-refractivity contribution in [1.29, 1.82) is 0 Å². The van der Waals surface area contributed by atoms with Gasteiger partial charge in [0.1, 0.15) is 16.4 Å². The van der Waals surface area contributed by atoms with E-state index >= 15 is 0 Å². The van der Waals surface area contributed by atoms with Gasteiger partial charge in [-0.25, -0.2) is 8.42 Å². The zero-order valence-electron chi connectivity index (χ0n) is 20.7. The maximum atomic E-state index is 13.4. The number of rotatable bonds is 10. The Hall–Kier alpha value is -3.36. The van der Waals surface area contributed by atoms with Gasteiger partial charge in [-0.2, -0.15) is 4.31 Å². The summed E-state index contributed by atoms with van der Waals surface area (Å²) in [6.07, 6.45) is 0.0369. The van der Waals surface area contributed by atoms with Crippen molar-refractivity contribution in [2.45, 2.75) is 44.4 Å². The molecular weight excluding hydrogens is 464 g/mol. The Morgan fingerprint density at radius 1 is 0.971 bits per heavy atom. The molecule has 0 aromatic heterocycles. The molecule has 0 fully saturated rings. The van der Waals surface area contributed by atoms with Crippen molar-refractivity contribution in [2.24, 2.45) is 0 Å². The Bertz CT molecular complexity index is 1260. The van der Waals surface area contributed by atoms with Crippen LogP contribution in [0.4, 0.5) is 0 Å². The average Bonchev–Trinajstić information content (AvgIpc) is 2.83. The van der Waals surface area contributed by atoms with Crippen LogP contribution in [0.15, 0.2) is 77.7 Å². The lowest BCUT2D eigenvalue weighted by Gasteiger charge is -2.20. The van der Waals surface area contributed by atoms with Crippen molar-refractivity contribution in [1.82, 2.24) is 9.62 Å². The number of amides is 1. The number of carbonyl (C=O) groups excluding carboxylic acids is 1. The first kappa shape index (κ1) is 26.2. The summed E-state index contributed by atoms with van der Waals surface area (Å²) in [5.41, 5.74) is 1.95. The van der Waals surface area contributed by atoms with Crippen LogP contribution in [0.1, 0.15) is 48.3 Å². The minimum atomic E-state index is -3.92. The second-order valence-electron chi connectivity index (χ2n) is 8.55. The van der Waals surface area contributed by atoms with Gasteiger partial charge >= 0.3 is 0 Å². The van der Waals surface area contributed by atoms with Crippen molar-refractivity contribution in [2.75, 3.05) is 14.2 Å². The highest BCUT2D eigenvalue weighted by atomic mass is 32.2. The molecule has 0 aliphatic rings.